The molecule has 0 unspecified atom stereocenters. The van der Waals surface area contributed by atoms with Crippen molar-refractivity contribution in [1.29, 1.82) is 0 Å². The smallest absolute Gasteiger partial charge is 0.0722 e. The minimum atomic E-state index is 1.02. The fraction of sp³-hybridized carbons (Fsp3) is 0. The third-order valence-corrected chi connectivity index (χ3v) is 9.00. The number of hydrogen-bond acceptors (Lipinski definition) is 1. The van der Waals surface area contributed by atoms with E-state index in [1.807, 2.05) is 0 Å². The highest BCUT2D eigenvalue weighted by atomic mass is 14.7. The first-order chi connectivity index (χ1) is 21.8. The van der Waals surface area contributed by atoms with Crippen LogP contribution in [0.3, 0.4) is 0 Å². The summed E-state index contributed by atoms with van der Waals surface area (Å²) in [5.41, 5.74) is 9.44. The molecule has 0 bridgehead atoms. The van der Waals surface area contributed by atoms with Gasteiger partial charge in [-0.2, -0.15) is 0 Å². The van der Waals surface area contributed by atoms with Crippen LogP contribution in [0, 0.1) is 0 Å². The second-order valence-corrected chi connectivity index (χ2v) is 11.5. The molecule has 44 heavy (non-hydrogen) atoms. The van der Waals surface area contributed by atoms with Crippen LogP contribution < -0.4 is 0 Å². The van der Waals surface area contributed by atoms with Crippen LogP contribution in [-0.4, -0.2) is 4.98 Å². The Bertz CT molecular complexity index is 2490. The highest BCUT2D eigenvalue weighted by Crippen LogP contribution is 2.44. The summed E-state index contributed by atoms with van der Waals surface area (Å²) < 4.78 is 0. The van der Waals surface area contributed by atoms with Crippen LogP contribution in [0.25, 0.3) is 87.5 Å². The third kappa shape index (κ3) is 3.83. The van der Waals surface area contributed by atoms with E-state index in [-0.39, 0.29) is 0 Å². The van der Waals surface area contributed by atoms with E-state index >= 15 is 0 Å². The molecule has 0 aliphatic rings. The summed E-state index contributed by atoms with van der Waals surface area (Å²) in [5.74, 6) is 0. The molecule has 9 rings (SSSR count). The lowest BCUT2D eigenvalue weighted by Crippen LogP contribution is -1.91. The first kappa shape index (κ1) is 24.8. The van der Waals surface area contributed by atoms with Crippen molar-refractivity contribution in [2.75, 3.05) is 0 Å². The summed E-state index contributed by atoms with van der Waals surface area (Å²) in [6, 6.07) is 59.2. The van der Waals surface area contributed by atoms with E-state index in [0.29, 0.717) is 0 Å². The number of para-hydroxylation sites is 1. The molecule has 0 aliphatic carbocycles. The average Bonchev–Trinajstić information content (AvgIpc) is 3.10. The van der Waals surface area contributed by atoms with Crippen LogP contribution in [0.15, 0.2) is 164 Å². The average molecular weight is 558 g/mol. The Morgan fingerprint density at radius 1 is 0.295 bits per heavy atom. The van der Waals surface area contributed by atoms with Crippen molar-refractivity contribution in [2.45, 2.75) is 0 Å². The maximum Gasteiger partial charge on any atom is 0.0722 e. The highest BCUT2D eigenvalue weighted by molar-refractivity contribution is 6.22. The van der Waals surface area contributed by atoms with Crippen LogP contribution in [0.2, 0.25) is 0 Å². The molecule has 204 valence electrons. The van der Waals surface area contributed by atoms with Gasteiger partial charge >= 0.3 is 0 Å². The Kier molecular flexibility index (Phi) is 5.57. The molecule has 0 atom stereocenters. The predicted molar refractivity (Wildman–Crippen MR) is 188 cm³/mol. The Labute approximate surface area is 255 Å². The topological polar surface area (TPSA) is 12.9 Å². The first-order valence-electron chi connectivity index (χ1n) is 15.1. The Morgan fingerprint density at radius 3 is 1.52 bits per heavy atom. The van der Waals surface area contributed by atoms with E-state index in [9.17, 15) is 0 Å². The quantitative estimate of drug-likeness (QED) is 0.155. The van der Waals surface area contributed by atoms with Crippen molar-refractivity contribution >= 4 is 54.1 Å². The van der Waals surface area contributed by atoms with E-state index in [1.54, 1.807) is 0 Å². The SMILES string of the molecule is c1ccc(-c2c3ccccc3c(-c3cccc(-c4cc5nc6ccccc6cc5c5ccccc45)c3)c3ccccc23)cc1. The van der Waals surface area contributed by atoms with Gasteiger partial charge < -0.3 is 0 Å². The maximum atomic E-state index is 5.11. The van der Waals surface area contributed by atoms with E-state index in [4.69, 9.17) is 4.98 Å². The summed E-state index contributed by atoms with van der Waals surface area (Å²) in [4.78, 5) is 5.11. The van der Waals surface area contributed by atoms with Gasteiger partial charge in [-0.05, 0) is 90.0 Å². The Morgan fingerprint density at radius 2 is 0.818 bits per heavy atom. The normalized spacial score (nSPS) is 11.6. The van der Waals surface area contributed by atoms with Gasteiger partial charge in [0.1, 0.15) is 0 Å². The Hall–Kier alpha value is -5.79. The number of nitrogens with zero attached hydrogens (tertiary/aromatic N) is 1. The minimum Gasteiger partial charge on any atom is -0.248 e. The maximum absolute atomic E-state index is 5.11. The minimum absolute atomic E-state index is 1.02. The number of hydrogen-bond donors (Lipinski definition) is 0. The van der Waals surface area contributed by atoms with Crippen molar-refractivity contribution in [1.82, 2.24) is 4.98 Å². The van der Waals surface area contributed by atoms with E-state index in [2.05, 4.69) is 164 Å². The van der Waals surface area contributed by atoms with Crippen LogP contribution in [0.5, 0.6) is 0 Å². The van der Waals surface area contributed by atoms with Crippen LogP contribution in [0.1, 0.15) is 0 Å². The lowest BCUT2D eigenvalue weighted by atomic mass is 9.85. The largest absolute Gasteiger partial charge is 0.248 e. The van der Waals surface area contributed by atoms with E-state index in [0.717, 1.165) is 16.4 Å². The van der Waals surface area contributed by atoms with E-state index < -0.39 is 0 Å². The molecule has 0 saturated carbocycles. The monoisotopic (exact) mass is 557 g/mol. The second kappa shape index (κ2) is 9.90. The molecular formula is C43H27N. The molecule has 0 amide bonds. The van der Waals surface area contributed by atoms with Gasteiger partial charge in [0, 0.05) is 10.8 Å². The van der Waals surface area contributed by atoms with E-state index in [1.165, 1.54) is 71.1 Å². The van der Waals surface area contributed by atoms with Crippen LogP contribution in [-0.2, 0) is 0 Å². The number of aromatic nitrogens is 1. The zero-order valence-corrected chi connectivity index (χ0v) is 24.0. The lowest BCUT2D eigenvalue weighted by molar-refractivity contribution is 1.50. The molecule has 8 aromatic carbocycles. The van der Waals surface area contributed by atoms with Gasteiger partial charge in [0.15, 0.2) is 0 Å². The summed E-state index contributed by atoms with van der Waals surface area (Å²) >= 11 is 0. The van der Waals surface area contributed by atoms with Gasteiger partial charge in [-0.25, -0.2) is 4.98 Å². The summed E-state index contributed by atoms with van der Waals surface area (Å²) in [6.07, 6.45) is 0. The van der Waals surface area contributed by atoms with Gasteiger partial charge in [0.2, 0.25) is 0 Å². The fourth-order valence-electron chi connectivity index (χ4n) is 7.06. The molecule has 0 N–H and O–H groups in total. The number of rotatable bonds is 3. The molecule has 0 aliphatic heterocycles. The molecule has 1 nitrogen and oxygen atoms in total. The summed E-state index contributed by atoms with van der Waals surface area (Å²) in [5, 5.41) is 9.88. The zero-order valence-electron chi connectivity index (χ0n) is 24.0. The van der Waals surface area contributed by atoms with Crippen LogP contribution >= 0.6 is 0 Å². The molecule has 0 fully saturated rings. The molecular weight excluding hydrogens is 530 g/mol. The summed E-state index contributed by atoms with van der Waals surface area (Å²) in [7, 11) is 0. The second-order valence-electron chi connectivity index (χ2n) is 11.5. The standard InChI is InChI=1S/C43H27N/c1-2-13-28(14-3-1)42-34-20-7-9-22-36(34)43(37-23-10-8-21-35(37)42)31-17-12-16-29(25-31)38-27-41-39(33-19-6-5-18-32(33)38)26-30-15-4-11-24-40(30)44-41/h1-27H. The molecule has 9 aromatic rings. The van der Waals surface area contributed by atoms with Gasteiger partial charge in [-0.15, -0.1) is 0 Å². The van der Waals surface area contributed by atoms with Gasteiger partial charge in [0.25, 0.3) is 0 Å². The number of pyridine rings is 1. The van der Waals surface area contributed by atoms with Crippen molar-refractivity contribution in [3.63, 3.8) is 0 Å². The molecule has 0 radical (unpaired) electrons. The van der Waals surface area contributed by atoms with Crippen LogP contribution in [0.4, 0.5) is 0 Å². The van der Waals surface area contributed by atoms with Crippen molar-refractivity contribution in [3.8, 4) is 33.4 Å². The van der Waals surface area contributed by atoms with Gasteiger partial charge in [0.05, 0.1) is 11.0 Å². The lowest BCUT2D eigenvalue weighted by Gasteiger charge is -2.18. The van der Waals surface area contributed by atoms with Gasteiger partial charge in [-0.3, -0.25) is 0 Å². The first-order valence-corrected chi connectivity index (χ1v) is 15.1. The Balaban J connectivity index is 1.33. The number of benzene rings is 8. The predicted octanol–water partition coefficient (Wildman–Crippen LogP) is 11.8. The highest BCUT2D eigenvalue weighted by Gasteiger charge is 2.17. The van der Waals surface area contributed by atoms with Gasteiger partial charge in [-0.1, -0.05) is 140 Å². The molecule has 0 spiro atoms. The summed E-state index contributed by atoms with van der Waals surface area (Å²) in [6.45, 7) is 0. The van der Waals surface area contributed by atoms with Crippen molar-refractivity contribution in [2.24, 2.45) is 0 Å². The van der Waals surface area contributed by atoms with Crippen molar-refractivity contribution < 1.29 is 0 Å². The fourth-order valence-corrected chi connectivity index (χ4v) is 7.06. The third-order valence-electron chi connectivity index (χ3n) is 9.00. The zero-order chi connectivity index (χ0) is 29.0. The molecule has 1 heteroatoms. The molecule has 1 aromatic heterocycles. The molecule has 0 saturated heterocycles. The number of fused-ring (bicyclic) bond motifs is 6. The molecule has 1 heterocycles. The van der Waals surface area contributed by atoms with Crippen molar-refractivity contribution in [3.05, 3.63) is 164 Å².